The molecule has 0 radical (unpaired) electrons. The van der Waals surface area contributed by atoms with Gasteiger partial charge in [-0.1, -0.05) is 40.5 Å². The fraction of sp³-hybridized carbons (Fsp3) is 0.680. The summed E-state index contributed by atoms with van der Waals surface area (Å²) in [4.78, 5) is 25.3. The van der Waals surface area contributed by atoms with E-state index in [4.69, 9.17) is 9.47 Å². The Labute approximate surface area is 194 Å². The Morgan fingerprint density at radius 2 is 1.94 bits per heavy atom. The maximum atomic E-state index is 13.7. The van der Waals surface area contributed by atoms with E-state index in [-0.39, 0.29) is 35.3 Å². The number of carbonyl (C=O) groups is 2. The SMILES string of the molecule is CCCC[C@H](C(=O)c1cc(CC(C)C)c(O)c(C=O)c1O)[C@H]1C[C@@H](O)[C@]2(O[C@H]2CC)[C@H](O)O1. The summed E-state index contributed by atoms with van der Waals surface area (Å²) in [6.45, 7) is 7.76. The standard InChI is InChI=1S/C25H36O8/c1-5-7-8-15(18-11-19(27)25(24(31)32-18)20(6-2)33-25)22(29)16-10-14(9-13(3)4)21(28)17(12-26)23(16)30/h10,12-13,15,18-20,24,27-28,30-31H,5-9,11H2,1-4H3/t15-,18+,19+,20-,24+,25+/m0/s1. The predicted molar refractivity (Wildman–Crippen MR) is 120 cm³/mol. The zero-order valence-electron chi connectivity index (χ0n) is 19.8. The Kier molecular flexibility index (Phi) is 7.84. The van der Waals surface area contributed by atoms with Crippen LogP contribution in [0.2, 0.25) is 0 Å². The maximum absolute atomic E-state index is 13.7. The van der Waals surface area contributed by atoms with Gasteiger partial charge in [0.1, 0.15) is 11.5 Å². The van der Waals surface area contributed by atoms with Gasteiger partial charge in [-0.3, -0.25) is 9.59 Å². The number of ketones is 1. The fourth-order valence-corrected chi connectivity index (χ4v) is 5.03. The number of aromatic hydroxyl groups is 2. The second kappa shape index (κ2) is 10.1. The average Bonchev–Trinajstić information content (AvgIpc) is 3.50. The Morgan fingerprint density at radius 3 is 2.45 bits per heavy atom. The summed E-state index contributed by atoms with van der Waals surface area (Å²) in [6.07, 6.45) is -0.0511. The van der Waals surface area contributed by atoms with Gasteiger partial charge in [0, 0.05) is 12.3 Å². The molecule has 0 aromatic heterocycles. The van der Waals surface area contributed by atoms with E-state index in [0.29, 0.717) is 37.5 Å². The van der Waals surface area contributed by atoms with E-state index in [9.17, 15) is 30.0 Å². The van der Waals surface area contributed by atoms with Crippen LogP contribution in [-0.2, 0) is 15.9 Å². The molecule has 2 fully saturated rings. The predicted octanol–water partition coefficient (Wildman–Crippen LogP) is 3.11. The van der Waals surface area contributed by atoms with Gasteiger partial charge in [-0.25, -0.2) is 0 Å². The average molecular weight is 465 g/mol. The van der Waals surface area contributed by atoms with Crippen molar-refractivity contribution in [1.29, 1.82) is 0 Å². The van der Waals surface area contributed by atoms with Crippen molar-refractivity contribution in [2.75, 3.05) is 0 Å². The molecule has 33 heavy (non-hydrogen) atoms. The van der Waals surface area contributed by atoms with Crippen molar-refractivity contribution in [3.8, 4) is 11.5 Å². The van der Waals surface area contributed by atoms with Crippen LogP contribution < -0.4 is 0 Å². The first-order chi connectivity index (χ1) is 15.6. The molecule has 4 N–H and O–H groups in total. The Balaban J connectivity index is 1.95. The Hall–Kier alpha value is -2.00. The third-order valence-electron chi connectivity index (χ3n) is 6.88. The van der Waals surface area contributed by atoms with Crippen LogP contribution in [0.3, 0.4) is 0 Å². The first kappa shape index (κ1) is 25.6. The molecule has 0 bridgehead atoms. The van der Waals surface area contributed by atoms with E-state index >= 15 is 0 Å². The van der Waals surface area contributed by atoms with Crippen molar-refractivity contribution in [2.24, 2.45) is 11.8 Å². The van der Waals surface area contributed by atoms with Crippen molar-refractivity contribution < 1.29 is 39.5 Å². The molecule has 2 heterocycles. The topological polar surface area (TPSA) is 137 Å². The van der Waals surface area contributed by atoms with Gasteiger partial charge < -0.3 is 29.9 Å². The van der Waals surface area contributed by atoms with Gasteiger partial charge in [-0.2, -0.15) is 0 Å². The zero-order valence-corrected chi connectivity index (χ0v) is 19.8. The summed E-state index contributed by atoms with van der Waals surface area (Å²) in [7, 11) is 0. The van der Waals surface area contributed by atoms with Crippen molar-refractivity contribution in [3.05, 3.63) is 22.8 Å². The van der Waals surface area contributed by atoms with E-state index in [0.717, 1.165) is 6.42 Å². The highest BCUT2D eigenvalue weighted by molar-refractivity contribution is 6.04. The number of unbranched alkanes of at least 4 members (excludes halogenated alkanes) is 1. The number of ether oxygens (including phenoxy) is 2. The lowest BCUT2D eigenvalue weighted by molar-refractivity contribution is -0.239. The Bertz CT molecular complexity index is 868. The lowest BCUT2D eigenvalue weighted by atomic mass is 9.80. The second-order valence-corrected chi connectivity index (χ2v) is 9.67. The van der Waals surface area contributed by atoms with E-state index in [1.807, 2.05) is 27.7 Å². The molecule has 0 aliphatic carbocycles. The van der Waals surface area contributed by atoms with Crippen molar-refractivity contribution in [1.82, 2.24) is 0 Å². The molecule has 3 rings (SSSR count). The minimum absolute atomic E-state index is 0.0615. The quantitative estimate of drug-likeness (QED) is 0.235. The molecule has 2 saturated heterocycles. The van der Waals surface area contributed by atoms with Gasteiger partial charge in [0.25, 0.3) is 0 Å². The van der Waals surface area contributed by atoms with Crippen LogP contribution in [0.15, 0.2) is 6.07 Å². The van der Waals surface area contributed by atoms with Gasteiger partial charge in [-0.05, 0) is 36.8 Å². The number of aldehydes is 1. The second-order valence-electron chi connectivity index (χ2n) is 9.67. The number of hydrogen-bond acceptors (Lipinski definition) is 8. The number of benzene rings is 1. The third kappa shape index (κ3) is 4.67. The number of hydrogen-bond donors (Lipinski definition) is 4. The summed E-state index contributed by atoms with van der Waals surface area (Å²) >= 11 is 0. The lowest BCUT2D eigenvalue weighted by Crippen LogP contribution is -2.55. The number of phenols is 2. The Morgan fingerprint density at radius 1 is 1.24 bits per heavy atom. The van der Waals surface area contributed by atoms with Gasteiger partial charge in [0.15, 0.2) is 24.0 Å². The van der Waals surface area contributed by atoms with Crippen molar-refractivity contribution >= 4 is 12.1 Å². The van der Waals surface area contributed by atoms with Gasteiger partial charge in [-0.15, -0.1) is 0 Å². The van der Waals surface area contributed by atoms with Crippen LogP contribution in [0.1, 0.15) is 86.1 Å². The van der Waals surface area contributed by atoms with Crippen LogP contribution in [0.5, 0.6) is 11.5 Å². The van der Waals surface area contributed by atoms with Crippen LogP contribution in [0.25, 0.3) is 0 Å². The number of rotatable bonds is 10. The number of Topliss-reactive ketones (excluding diaryl/α,β-unsaturated/α-hetero) is 1. The molecule has 1 spiro atoms. The highest BCUT2D eigenvalue weighted by Gasteiger charge is 2.68. The molecular weight excluding hydrogens is 428 g/mol. The van der Waals surface area contributed by atoms with E-state index in [1.165, 1.54) is 6.07 Å². The molecule has 8 heteroatoms. The maximum Gasteiger partial charge on any atom is 0.189 e. The summed E-state index contributed by atoms with van der Waals surface area (Å²) in [5.41, 5.74) is -1.12. The molecule has 1 aromatic carbocycles. The van der Waals surface area contributed by atoms with Crippen molar-refractivity contribution in [2.45, 2.75) is 96.4 Å². The highest BCUT2D eigenvalue weighted by Crippen LogP contribution is 2.50. The first-order valence-electron chi connectivity index (χ1n) is 11.9. The third-order valence-corrected chi connectivity index (χ3v) is 6.88. The van der Waals surface area contributed by atoms with Crippen LogP contribution in [0, 0.1) is 11.8 Å². The lowest BCUT2D eigenvalue weighted by Gasteiger charge is -2.39. The molecule has 184 valence electrons. The molecule has 2 aliphatic heterocycles. The summed E-state index contributed by atoms with van der Waals surface area (Å²) in [5.74, 6) is -1.94. The monoisotopic (exact) mass is 464 g/mol. The first-order valence-corrected chi connectivity index (χ1v) is 11.9. The minimum Gasteiger partial charge on any atom is -0.507 e. The van der Waals surface area contributed by atoms with Crippen LogP contribution >= 0.6 is 0 Å². The molecule has 8 nitrogen and oxygen atoms in total. The smallest absolute Gasteiger partial charge is 0.189 e. The van der Waals surface area contributed by atoms with E-state index in [2.05, 4.69) is 0 Å². The minimum atomic E-state index is -1.37. The van der Waals surface area contributed by atoms with E-state index < -0.39 is 41.5 Å². The van der Waals surface area contributed by atoms with Gasteiger partial charge in [0.05, 0.1) is 29.4 Å². The van der Waals surface area contributed by atoms with Crippen LogP contribution in [-0.4, -0.2) is 62.7 Å². The highest BCUT2D eigenvalue weighted by atomic mass is 16.7. The number of aliphatic hydroxyl groups excluding tert-OH is 2. The number of carbonyl (C=O) groups excluding carboxylic acids is 2. The van der Waals surface area contributed by atoms with E-state index in [1.54, 1.807) is 0 Å². The number of aliphatic hydroxyl groups is 2. The zero-order chi connectivity index (χ0) is 24.5. The fourth-order valence-electron chi connectivity index (χ4n) is 5.03. The normalized spacial score (nSPS) is 29.9. The largest absolute Gasteiger partial charge is 0.507 e. The summed E-state index contributed by atoms with van der Waals surface area (Å²) in [6, 6.07) is 1.44. The molecule has 0 amide bonds. The molecular formula is C25H36O8. The molecule has 6 atom stereocenters. The van der Waals surface area contributed by atoms with Crippen molar-refractivity contribution in [3.63, 3.8) is 0 Å². The number of epoxide rings is 1. The van der Waals surface area contributed by atoms with Gasteiger partial charge in [0.2, 0.25) is 0 Å². The molecule has 0 unspecified atom stereocenters. The molecule has 2 aliphatic rings. The molecule has 0 saturated carbocycles. The number of phenolic OH excluding ortho intramolecular Hbond substituents is 2. The molecule has 1 aromatic rings. The summed E-state index contributed by atoms with van der Waals surface area (Å²) in [5, 5.41) is 42.5. The summed E-state index contributed by atoms with van der Waals surface area (Å²) < 4.78 is 11.4. The van der Waals surface area contributed by atoms with Gasteiger partial charge >= 0.3 is 0 Å². The van der Waals surface area contributed by atoms with Crippen LogP contribution in [0.4, 0.5) is 0 Å².